The third-order valence-electron chi connectivity index (χ3n) is 17.6. The highest BCUT2D eigenvalue weighted by molar-refractivity contribution is 7.00. The van der Waals surface area contributed by atoms with Crippen molar-refractivity contribution in [2.75, 3.05) is 9.80 Å². The average molecular weight is 1050 g/mol. The number of aromatic nitrogens is 2. The molecule has 3 heterocycles. The Balaban J connectivity index is 1.13. The van der Waals surface area contributed by atoms with Crippen LogP contribution in [0.4, 0.5) is 34.1 Å². The molecule has 0 fully saturated rings. The van der Waals surface area contributed by atoms with Crippen LogP contribution in [0.5, 0.6) is 0 Å². The van der Waals surface area contributed by atoms with Crippen molar-refractivity contribution < 1.29 is 0 Å². The van der Waals surface area contributed by atoms with Gasteiger partial charge in [-0.15, -0.1) is 0 Å². The number of hydrogen-bond donors (Lipinski definition) is 0. The van der Waals surface area contributed by atoms with Crippen molar-refractivity contribution in [3.63, 3.8) is 0 Å². The second kappa shape index (κ2) is 18.0. The van der Waals surface area contributed by atoms with Gasteiger partial charge in [0.2, 0.25) is 0 Å². The maximum atomic E-state index is 5.81. The zero-order valence-electron chi connectivity index (χ0n) is 48.9. The first kappa shape index (κ1) is 50.7. The molecular weight excluding hydrogens is 980 g/mol. The van der Waals surface area contributed by atoms with E-state index in [9.17, 15) is 0 Å². The highest BCUT2D eigenvalue weighted by Crippen LogP contribution is 2.49. The van der Waals surface area contributed by atoms with Gasteiger partial charge in [0.05, 0.1) is 11.2 Å². The lowest BCUT2D eigenvalue weighted by atomic mass is 9.33. The Morgan fingerprint density at radius 1 is 0.321 bits per heavy atom. The first-order valence-corrected chi connectivity index (χ1v) is 29.0. The quantitative estimate of drug-likeness (QED) is 0.130. The van der Waals surface area contributed by atoms with Gasteiger partial charge in [-0.1, -0.05) is 217 Å². The number of hydrogen-bond acceptors (Lipinski definition) is 4. The Labute approximate surface area is 478 Å². The van der Waals surface area contributed by atoms with E-state index in [1.807, 2.05) is 0 Å². The normalized spacial score (nSPS) is 13.6. The van der Waals surface area contributed by atoms with Crippen molar-refractivity contribution in [2.45, 2.75) is 105 Å². The fraction of sp³-hybridized carbons (Fsp3) is 0.211. The third kappa shape index (κ3) is 8.41. The fourth-order valence-corrected chi connectivity index (χ4v) is 13.0. The van der Waals surface area contributed by atoms with E-state index in [2.05, 4.69) is 293 Å². The van der Waals surface area contributed by atoms with E-state index in [0.717, 1.165) is 50.5 Å². The van der Waals surface area contributed by atoms with Crippen molar-refractivity contribution in [2.24, 2.45) is 0 Å². The fourth-order valence-electron chi connectivity index (χ4n) is 13.0. The van der Waals surface area contributed by atoms with Gasteiger partial charge in [-0.05, 0) is 170 Å². The van der Waals surface area contributed by atoms with Crippen LogP contribution in [0.1, 0.15) is 105 Å². The second-order valence-electron chi connectivity index (χ2n) is 27.2. The summed E-state index contributed by atoms with van der Waals surface area (Å²) >= 11 is 0. The van der Waals surface area contributed by atoms with Gasteiger partial charge < -0.3 is 9.80 Å². The lowest BCUT2D eigenvalue weighted by Gasteiger charge is -2.45. The van der Waals surface area contributed by atoms with Crippen molar-refractivity contribution in [3.8, 4) is 22.6 Å². The molecule has 0 saturated carbocycles. The molecule has 81 heavy (non-hydrogen) atoms. The van der Waals surface area contributed by atoms with Crippen LogP contribution in [-0.4, -0.2) is 16.7 Å². The van der Waals surface area contributed by atoms with Crippen LogP contribution in [0.15, 0.2) is 200 Å². The van der Waals surface area contributed by atoms with Gasteiger partial charge in [0.25, 0.3) is 6.71 Å². The van der Waals surface area contributed by atoms with E-state index in [1.54, 1.807) is 0 Å². The van der Waals surface area contributed by atoms with Gasteiger partial charge in [0, 0.05) is 50.6 Å². The lowest BCUT2D eigenvalue weighted by molar-refractivity contribution is 0.569. The van der Waals surface area contributed by atoms with Gasteiger partial charge in [-0.3, -0.25) is 0 Å². The smallest absolute Gasteiger partial charge is 0.252 e. The zero-order chi connectivity index (χ0) is 56.1. The maximum Gasteiger partial charge on any atom is 0.252 e. The molecule has 1 aromatic heterocycles. The molecular formula is C76H69BN4. The Kier molecular flexibility index (Phi) is 11.3. The van der Waals surface area contributed by atoms with E-state index >= 15 is 0 Å². The van der Waals surface area contributed by atoms with Crippen LogP contribution < -0.4 is 26.2 Å². The van der Waals surface area contributed by atoms with E-state index in [1.165, 1.54) is 93.1 Å². The van der Waals surface area contributed by atoms with E-state index in [4.69, 9.17) is 9.97 Å². The second-order valence-corrected chi connectivity index (χ2v) is 27.2. The predicted octanol–water partition coefficient (Wildman–Crippen LogP) is 18.8. The Morgan fingerprint density at radius 2 is 0.741 bits per heavy atom. The van der Waals surface area contributed by atoms with Gasteiger partial charge >= 0.3 is 0 Å². The lowest BCUT2D eigenvalue weighted by Crippen LogP contribution is -2.61. The van der Waals surface area contributed by atoms with Gasteiger partial charge in [0.1, 0.15) is 0 Å². The summed E-state index contributed by atoms with van der Waals surface area (Å²) in [5, 5.41) is 10.9. The molecule has 0 N–H and O–H groups in total. The maximum absolute atomic E-state index is 5.81. The summed E-state index contributed by atoms with van der Waals surface area (Å²) in [6.07, 6.45) is 0. The molecule has 4 nitrogen and oxygen atoms in total. The highest BCUT2D eigenvalue weighted by atomic mass is 15.2. The van der Waals surface area contributed by atoms with E-state index < -0.39 is 0 Å². The Hall–Kier alpha value is -8.54. The molecule has 2 aliphatic rings. The summed E-state index contributed by atoms with van der Waals surface area (Å²) < 4.78 is 0. The van der Waals surface area contributed by atoms with Crippen LogP contribution in [0.2, 0.25) is 0 Å². The summed E-state index contributed by atoms with van der Waals surface area (Å²) in [5.74, 6) is 0.689. The molecule has 0 aliphatic carbocycles. The number of nitrogens with zero attached hydrogens (tertiary/aromatic N) is 4. The SMILES string of the molecule is CC(C)(C)c1ccc(N2c3cc4c(ccc5ccccc54)cc3B3c4cc5ccc6ccccc6c5cc4N(c4ccc(C(C)(C)C)cc4)c4cc(-c5nc(-c6cc(C(C)(C)C)cc(C(C)(C)C)c6)c6ccccc6n5)cc2c43)cc1. The van der Waals surface area contributed by atoms with E-state index in [-0.39, 0.29) is 28.4 Å². The van der Waals surface area contributed by atoms with Crippen LogP contribution in [0, 0.1) is 0 Å². The molecule has 2 aliphatic heterocycles. The van der Waals surface area contributed by atoms with Crippen molar-refractivity contribution in [1.29, 1.82) is 0 Å². The molecule has 0 radical (unpaired) electrons. The number of benzene rings is 11. The van der Waals surface area contributed by atoms with Crippen LogP contribution in [-0.2, 0) is 21.7 Å². The summed E-state index contributed by atoms with van der Waals surface area (Å²) in [6, 6.07) is 76.2. The van der Waals surface area contributed by atoms with Crippen molar-refractivity contribution in [3.05, 3.63) is 222 Å². The van der Waals surface area contributed by atoms with Crippen molar-refractivity contribution >= 4 is 111 Å². The van der Waals surface area contributed by atoms with Crippen LogP contribution in [0.3, 0.4) is 0 Å². The Bertz CT molecular complexity index is 4320. The Morgan fingerprint density at radius 3 is 1.20 bits per heavy atom. The van der Waals surface area contributed by atoms with Gasteiger partial charge in [-0.25, -0.2) is 9.97 Å². The first-order valence-electron chi connectivity index (χ1n) is 29.0. The van der Waals surface area contributed by atoms with Crippen LogP contribution in [0.25, 0.3) is 76.6 Å². The summed E-state index contributed by atoms with van der Waals surface area (Å²) in [6.45, 7) is 27.5. The number of fused-ring (bicyclic) bond motifs is 11. The van der Waals surface area contributed by atoms with Crippen LogP contribution >= 0.6 is 0 Å². The topological polar surface area (TPSA) is 32.3 Å². The minimum Gasteiger partial charge on any atom is -0.311 e. The number of rotatable bonds is 4. The molecule has 14 rings (SSSR count). The molecule has 0 amide bonds. The van der Waals surface area contributed by atoms with Gasteiger partial charge in [0.15, 0.2) is 5.82 Å². The number of anilines is 6. The van der Waals surface area contributed by atoms with Crippen molar-refractivity contribution in [1.82, 2.24) is 9.97 Å². The average Bonchev–Trinajstić information content (AvgIpc) is 2.88. The monoisotopic (exact) mass is 1050 g/mol. The van der Waals surface area contributed by atoms with Gasteiger partial charge in [-0.2, -0.15) is 0 Å². The molecule has 12 aromatic rings. The largest absolute Gasteiger partial charge is 0.311 e. The predicted molar refractivity (Wildman–Crippen MR) is 349 cm³/mol. The molecule has 396 valence electrons. The zero-order valence-corrected chi connectivity index (χ0v) is 48.9. The third-order valence-corrected chi connectivity index (χ3v) is 17.6. The molecule has 0 unspecified atom stereocenters. The molecule has 11 aromatic carbocycles. The first-order chi connectivity index (χ1) is 38.7. The summed E-state index contributed by atoms with van der Waals surface area (Å²) in [7, 11) is 0. The summed E-state index contributed by atoms with van der Waals surface area (Å²) in [5.41, 5.74) is 19.5. The molecule has 5 heteroatoms. The minimum atomic E-state index is -0.125. The molecule has 0 saturated heterocycles. The summed E-state index contributed by atoms with van der Waals surface area (Å²) in [4.78, 5) is 16.5. The molecule has 0 spiro atoms. The van der Waals surface area contributed by atoms with E-state index in [0.29, 0.717) is 5.82 Å². The molecule has 0 atom stereocenters. The highest BCUT2D eigenvalue weighted by Gasteiger charge is 2.44. The standard InChI is InChI=1S/C76H69BN4/c1-73(2,3)52-29-33-56(34-30-52)80-66-44-61-48(27-25-46-19-13-15-21-58(46)61)39-63(66)77-64-40-49-28-26-47-20-14-16-22-59(47)62(49)45-67(64)81(57-35-31-53(32-36-57)74(4,5)6)69-42-51(41-68(80)70(69)77)72-78-65-24-18-17-23-60(65)71(79-72)50-37-54(75(7,8)9)43-55(38-50)76(10,11)12/h13-45H,1-12H3. The molecule has 0 bridgehead atoms. The number of para-hydroxylation sites is 1. The minimum absolute atomic E-state index is 0.0242.